The van der Waals surface area contributed by atoms with Crippen LogP contribution in [0.15, 0.2) is 0 Å². The highest BCUT2D eigenvalue weighted by molar-refractivity contribution is 4.60. The SMILES string of the molecule is CCOCCCNC(CC)N(C)C. The van der Waals surface area contributed by atoms with Crippen molar-refractivity contribution in [1.82, 2.24) is 10.2 Å². The molecule has 0 aliphatic heterocycles. The predicted octanol–water partition coefficient (Wildman–Crippen LogP) is 1.30. The van der Waals surface area contributed by atoms with E-state index in [4.69, 9.17) is 4.74 Å². The molecule has 80 valence electrons. The van der Waals surface area contributed by atoms with Gasteiger partial charge in [0.05, 0.1) is 6.17 Å². The molecule has 0 bridgehead atoms. The van der Waals surface area contributed by atoms with Gasteiger partial charge < -0.3 is 10.1 Å². The molecule has 0 saturated carbocycles. The summed E-state index contributed by atoms with van der Waals surface area (Å²) in [6.45, 7) is 6.96. The number of ether oxygens (including phenoxy) is 1. The third kappa shape index (κ3) is 6.99. The van der Waals surface area contributed by atoms with Crippen LogP contribution in [0.2, 0.25) is 0 Å². The lowest BCUT2D eigenvalue weighted by atomic mass is 10.3. The van der Waals surface area contributed by atoms with Crippen molar-refractivity contribution in [2.24, 2.45) is 0 Å². The van der Waals surface area contributed by atoms with Gasteiger partial charge in [0.1, 0.15) is 0 Å². The lowest BCUT2D eigenvalue weighted by molar-refractivity contribution is 0.140. The Labute approximate surface area is 82.4 Å². The summed E-state index contributed by atoms with van der Waals surface area (Å²) in [7, 11) is 4.20. The molecule has 1 atom stereocenters. The molecule has 0 aromatic rings. The van der Waals surface area contributed by atoms with E-state index in [-0.39, 0.29) is 0 Å². The fourth-order valence-electron chi connectivity index (χ4n) is 1.28. The first kappa shape index (κ1) is 12.9. The van der Waals surface area contributed by atoms with Crippen molar-refractivity contribution in [2.75, 3.05) is 33.9 Å². The highest BCUT2D eigenvalue weighted by Crippen LogP contribution is 1.94. The van der Waals surface area contributed by atoms with Gasteiger partial charge in [0.15, 0.2) is 0 Å². The van der Waals surface area contributed by atoms with Crippen molar-refractivity contribution in [1.29, 1.82) is 0 Å². The van der Waals surface area contributed by atoms with Crippen molar-refractivity contribution in [2.45, 2.75) is 32.9 Å². The van der Waals surface area contributed by atoms with Gasteiger partial charge in [-0.15, -0.1) is 0 Å². The second-order valence-electron chi connectivity index (χ2n) is 3.39. The molecule has 0 spiro atoms. The lowest BCUT2D eigenvalue weighted by Gasteiger charge is -2.24. The van der Waals surface area contributed by atoms with Crippen LogP contribution in [0.3, 0.4) is 0 Å². The van der Waals surface area contributed by atoms with Gasteiger partial charge in [-0.1, -0.05) is 6.92 Å². The first-order valence-electron chi connectivity index (χ1n) is 5.19. The lowest BCUT2D eigenvalue weighted by Crippen LogP contribution is -2.41. The predicted molar refractivity (Wildman–Crippen MR) is 56.9 cm³/mol. The van der Waals surface area contributed by atoms with Crippen LogP contribution in [0.5, 0.6) is 0 Å². The summed E-state index contributed by atoms with van der Waals surface area (Å²) >= 11 is 0. The highest BCUT2D eigenvalue weighted by atomic mass is 16.5. The van der Waals surface area contributed by atoms with E-state index in [1.807, 2.05) is 6.92 Å². The van der Waals surface area contributed by atoms with Crippen LogP contribution < -0.4 is 5.32 Å². The quantitative estimate of drug-likeness (QED) is 0.459. The van der Waals surface area contributed by atoms with E-state index in [1.54, 1.807) is 0 Å². The normalized spacial score (nSPS) is 13.6. The van der Waals surface area contributed by atoms with Gasteiger partial charge >= 0.3 is 0 Å². The van der Waals surface area contributed by atoms with Gasteiger partial charge in [0.25, 0.3) is 0 Å². The Morgan fingerprint density at radius 2 is 2.00 bits per heavy atom. The van der Waals surface area contributed by atoms with E-state index in [0.717, 1.165) is 32.6 Å². The Morgan fingerprint density at radius 3 is 2.46 bits per heavy atom. The average Bonchev–Trinajstić information content (AvgIpc) is 2.10. The maximum atomic E-state index is 5.26. The molecule has 3 nitrogen and oxygen atoms in total. The molecule has 0 amide bonds. The van der Waals surface area contributed by atoms with E-state index in [0.29, 0.717) is 6.17 Å². The molecule has 0 fully saturated rings. The Hall–Kier alpha value is -0.120. The Morgan fingerprint density at radius 1 is 1.31 bits per heavy atom. The van der Waals surface area contributed by atoms with Gasteiger partial charge in [-0.3, -0.25) is 4.90 Å². The van der Waals surface area contributed by atoms with Crippen LogP contribution >= 0.6 is 0 Å². The molecule has 3 heteroatoms. The second kappa shape index (κ2) is 8.48. The van der Waals surface area contributed by atoms with E-state index in [9.17, 15) is 0 Å². The minimum absolute atomic E-state index is 0.502. The molecule has 0 aromatic heterocycles. The summed E-state index contributed by atoms with van der Waals surface area (Å²) in [4.78, 5) is 2.21. The number of hydrogen-bond acceptors (Lipinski definition) is 3. The first-order valence-corrected chi connectivity index (χ1v) is 5.19. The molecule has 1 unspecified atom stereocenters. The first-order chi connectivity index (χ1) is 6.22. The molecular weight excluding hydrogens is 164 g/mol. The zero-order valence-electron chi connectivity index (χ0n) is 9.47. The molecule has 0 radical (unpaired) electrons. The van der Waals surface area contributed by atoms with Crippen LogP contribution in [-0.4, -0.2) is 44.9 Å². The average molecular weight is 188 g/mol. The molecule has 0 aliphatic rings. The zero-order chi connectivity index (χ0) is 10.1. The topological polar surface area (TPSA) is 24.5 Å². The van der Waals surface area contributed by atoms with Gasteiger partial charge in [-0.25, -0.2) is 0 Å². The minimum atomic E-state index is 0.502. The van der Waals surface area contributed by atoms with Crippen molar-refractivity contribution >= 4 is 0 Å². The van der Waals surface area contributed by atoms with Crippen LogP contribution in [-0.2, 0) is 4.74 Å². The highest BCUT2D eigenvalue weighted by Gasteiger charge is 2.05. The fraction of sp³-hybridized carbons (Fsp3) is 1.00. The number of hydrogen-bond donors (Lipinski definition) is 1. The maximum absolute atomic E-state index is 5.26. The van der Waals surface area contributed by atoms with Gasteiger partial charge in [-0.05, 0) is 40.4 Å². The third-order valence-corrected chi connectivity index (χ3v) is 2.06. The van der Waals surface area contributed by atoms with E-state index >= 15 is 0 Å². The molecule has 0 aliphatic carbocycles. The molecule has 0 saturated heterocycles. The van der Waals surface area contributed by atoms with Gasteiger partial charge in [-0.2, -0.15) is 0 Å². The molecule has 1 N–H and O–H groups in total. The number of nitrogens with zero attached hydrogens (tertiary/aromatic N) is 1. The second-order valence-corrected chi connectivity index (χ2v) is 3.39. The monoisotopic (exact) mass is 188 g/mol. The van der Waals surface area contributed by atoms with Gasteiger partial charge in [0.2, 0.25) is 0 Å². The minimum Gasteiger partial charge on any atom is -0.382 e. The van der Waals surface area contributed by atoms with Crippen molar-refractivity contribution < 1.29 is 4.74 Å². The van der Waals surface area contributed by atoms with Crippen molar-refractivity contribution in [3.8, 4) is 0 Å². The maximum Gasteiger partial charge on any atom is 0.0589 e. The fourth-order valence-corrected chi connectivity index (χ4v) is 1.28. The number of rotatable bonds is 8. The van der Waals surface area contributed by atoms with Crippen LogP contribution in [0.1, 0.15) is 26.7 Å². The smallest absolute Gasteiger partial charge is 0.0589 e. The van der Waals surface area contributed by atoms with Crippen LogP contribution in [0.25, 0.3) is 0 Å². The third-order valence-electron chi connectivity index (χ3n) is 2.06. The summed E-state index contributed by atoms with van der Waals surface area (Å²) in [6, 6.07) is 0. The van der Waals surface area contributed by atoms with Gasteiger partial charge in [0, 0.05) is 13.2 Å². The molecule has 13 heavy (non-hydrogen) atoms. The van der Waals surface area contributed by atoms with Crippen molar-refractivity contribution in [3.63, 3.8) is 0 Å². The van der Waals surface area contributed by atoms with Crippen LogP contribution in [0.4, 0.5) is 0 Å². The Kier molecular flexibility index (Phi) is 8.40. The Balaban J connectivity index is 3.28. The van der Waals surface area contributed by atoms with Crippen LogP contribution in [0, 0.1) is 0 Å². The molecule has 0 aromatic carbocycles. The number of nitrogens with one attached hydrogen (secondary N) is 1. The standard InChI is InChI=1S/C10H24N2O/c1-5-10(12(3)4)11-8-7-9-13-6-2/h10-11H,5-9H2,1-4H3. The summed E-state index contributed by atoms with van der Waals surface area (Å²) in [5.41, 5.74) is 0. The zero-order valence-corrected chi connectivity index (χ0v) is 9.47. The summed E-state index contributed by atoms with van der Waals surface area (Å²) < 4.78 is 5.26. The molecule has 0 rings (SSSR count). The molecule has 0 heterocycles. The van der Waals surface area contributed by atoms with E-state index in [1.165, 1.54) is 0 Å². The molecular formula is C10H24N2O. The Bertz CT molecular complexity index is 107. The largest absolute Gasteiger partial charge is 0.382 e. The summed E-state index contributed by atoms with van der Waals surface area (Å²) in [5.74, 6) is 0. The van der Waals surface area contributed by atoms with Crippen molar-refractivity contribution in [3.05, 3.63) is 0 Å². The van der Waals surface area contributed by atoms with E-state index < -0.39 is 0 Å². The summed E-state index contributed by atoms with van der Waals surface area (Å²) in [6.07, 6.45) is 2.74. The van der Waals surface area contributed by atoms with E-state index in [2.05, 4.69) is 31.2 Å². The summed E-state index contributed by atoms with van der Waals surface area (Å²) in [5, 5.41) is 3.47.